The molecule has 2 nitrogen and oxygen atoms in total. The SMILES string of the molecule is CSCCNC(C)c1occc1Br. The molecule has 74 valence electrons. The fraction of sp³-hybridized carbons (Fsp3) is 0.556. The Labute approximate surface area is 91.6 Å². The molecule has 0 saturated heterocycles. The van der Waals surface area contributed by atoms with Gasteiger partial charge >= 0.3 is 0 Å². The van der Waals surface area contributed by atoms with Crippen LogP contribution in [-0.4, -0.2) is 18.6 Å². The zero-order valence-electron chi connectivity index (χ0n) is 7.84. The van der Waals surface area contributed by atoms with Crippen LogP contribution < -0.4 is 5.32 Å². The minimum atomic E-state index is 0.275. The molecular weight excluding hydrogens is 250 g/mol. The van der Waals surface area contributed by atoms with E-state index in [0.717, 1.165) is 22.5 Å². The molecule has 0 aliphatic heterocycles. The Morgan fingerprint density at radius 1 is 1.69 bits per heavy atom. The molecule has 4 heteroatoms. The fourth-order valence-corrected chi connectivity index (χ4v) is 1.95. The Balaban J connectivity index is 2.39. The summed E-state index contributed by atoms with van der Waals surface area (Å²) in [5.74, 6) is 2.10. The van der Waals surface area contributed by atoms with Gasteiger partial charge < -0.3 is 9.73 Å². The first-order valence-corrected chi connectivity index (χ1v) is 6.39. The van der Waals surface area contributed by atoms with Crippen molar-refractivity contribution in [3.05, 3.63) is 22.6 Å². The summed E-state index contributed by atoms with van der Waals surface area (Å²) in [4.78, 5) is 0. The maximum absolute atomic E-state index is 5.34. The van der Waals surface area contributed by atoms with Crippen LogP contribution in [0.5, 0.6) is 0 Å². The summed E-state index contributed by atoms with van der Waals surface area (Å²) < 4.78 is 6.38. The van der Waals surface area contributed by atoms with Crippen LogP contribution in [0.4, 0.5) is 0 Å². The molecule has 1 atom stereocenters. The average Bonchev–Trinajstić information content (AvgIpc) is 2.52. The number of nitrogens with one attached hydrogen (secondary N) is 1. The maximum atomic E-state index is 5.34. The van der Waals surface area contributed by atoms with Crippen molar-refractivity contribution in [2.75, 3.05) is 18.6 Å². The molecule has 13 heavy (non-hydrogen) atoms. The van der Waals surface area contributed by atoms with E-state index >= 15 is 0 Å². The smallest absolute Gasteiger partial charge is 0.134 e. The molecule has 0 aromatic carbocycles. The van der Waals surface area contributed by atoms with E-state index in [4.69, 9.17) is 4.42 Å². The fourth-order valence-electron chi connectivity index (χ4n) is 1.08. The Morgan fingerprint density at radius 2 is 2.46 bits per heavy atom. The topological polar surface area (TPSA) is 25.2 Å². The first kappa shape index (κ1) is 11.1. The predicted molar refractivity (Wildman–Crippen MR) is 61.2 cm³/mol. The Kier molecular flexibility index (Phi) is 4.91. The summed E-state index contributed by atoms with van der Waals surface area (Å²) in [6.07, 6.45) is 3.81. The molecule has 0 saturated carbocycles. The molecule has 0 aliphatic carbocycles. The lowest BCUT2D eigenvalue weighted by molar-refractivity contribution is 0.435. The molecule has 1 rings (SSSR count). The summed E-state index contributed by atoms with van der Waals surface area (Å²) in [5.41, 5.74) is 0. The lowest BCUT2D eigenvalue weighted by Crippen LogP contribution is -2.21. The normalized spacial score (nSPS) is 13.2. The zero-order valence-corrected chi connectivity index (χ0v) is 10.2. The molecule has 0 fully saturated rings. The van der Waals surface area contributed by atoms with E-state index in [9.17, 15) is 0 Å². The van der Waals surface area contributed by atoms with Crippen LogP contribution in [0.2, 0.25) is 0 Å². The predicted octanol–water partition coefficient (Wildman–Crippen LogP) is 3.06. The number of thioether (sulfide) groups is 1. The van der Waals surface area contributed by atoms with Gasteiger partial charge in [0.05, 0.1) is 16.8 Å². The number of furan rings is 1. The lowest BCUT2D eigenvalue weighted by atomic mass is 10.2. The van der Waals surface area contributed by atoms with E-state index < -0.39 is 0 Å². The quantitative estimate of drug-likeness (QED) is 0.827. The van der Waals surface area contributed by atoms with E-state index in [0.29, 0.717) is 0 Å². The van der Waals surface area contributed by atoms with Crippen LogP contribution in [0.1, 0.15) is 18.7 Å². The molecule has 1 N–H and O–H groups in total. The van der Waals surface area contributed by atoms with Gasteiger partial charge in [-0.25, -0.2) is 0 Å². The van der Waals surface area contributed by atoms with Crippen LogP contribution in [0, 0.1) is 0 Å². The Bertz CT molecular complexity index is 252. The molecule has 0 bridgehead atoms. The number of hydrogen-bond acceptors (Lipinski definition) is 3. The molecule has 1 unspecified atom stereocenters. The molecule has 0 aliphatic rings. The molecule has 1 heterocycles. The highest BCUT2D eigenvalue weighted by Crippen LogP contribution is 2.23. The second kappa shape index (κ2) is 5.73. The van der Waals surface area contributed by atoms with E-state index in [2.05, 4.69) is 34.4 Å². The van der Waals surface area contributed by atoms with Crippen LogP contribution in [0.25, 0.3) is 0 Å². The first-order valence-electron chi connectivity index (χ1n) is 4.21. The Hall–Kier alpha value is 0.0700. The van der Waals surface area contributed by atoms with Crippen LogP contribution >= 0.6 is 27.7 Å². The monoisotopic (exact) mass is 263 g/mol. The highest BCUT2D eigenvalue weighted by atomic mass is 79.9. The van der Waals surface area contributed by atoms with Gasteiger partial charge in [0.2, 0.25) is 0 Å². The summed E-state index contributed by atoms with van der Waals surface area (Å²) in [5, 5.41) is 3.38. The second-order valence-corrected chi connectivity index (χ2v) is 4.64. The van der Waals surface area contributed by atoms with E-state index in [-0.39, 0.29) is 6.04 Å². The standard InChI is InChI=1S/C9H14BrNOS/c1-7(11-4-6-13-2)9-8(10)3-5-12-9/h3,5,7,11H,4,6H2,1-2H3. The third kappa shape index (κ3) is 3.37. The summed E-state index contributed by atoms with van der Waals surface area (Å²) in [7, 11) is 0. The van der Waals surface area contributed by atoms with Gasteiger partial charge in [-0.2, -0.15) is 11.8 Å². The molecule has 1 aromatic heterocycles. The lowest BCUT2D eigenvalue weighted by Gasteiger charge is -2.10. The van der Waals surface area contributed by atoms with E-state index in [1.807, 2.05) is 17.8 Å². The van der Waals surface area contributed by atoms with Crippen molar-refractivity contribution in [1.82, 2.24) is 5.32 Å². The third-order valence-electron chi connectivity index (χ3n) is 1.79. The van der Waals surface area contributed by atoms with Gasteiger partial charge in [-0.3, -0.25) is 0 Å². The van der Waals surface area contributed by atoms with Gasteiger partial charge in [-0.05, 0) is 35.2 Å². The minimum absolute atomic E-state index is 0.275. The van der Waals surface area contributed by atoms with Gasteiger partial charge in [0.1, 0.15) is 5.76 Å². The zero-order chi connectivity index (χ0) is 9.68. The third-order valence-corrected chi connectivity index (χ3v) is 3.06. The van der Waals surface area contributed by atoms with Crippen LogP contribution in [0.3, 0.4) is 0 Å². The maximum Gasteiger partial charge on any atom is 0.134 e. The van der Waals surface area contributed by atoms with Gasteiger partial charge in [0.25, 0.3) is 0 Å². The van der Waals surface area contributed by atoms with Gasteiger partial charge in [0, 0.05) is 12.3 Å². The largest absolute Gasteiger partial charge is 0.466 e. The van der Waals surface area contributed by atoms with E-state index in [1.165, 1.54) is 0 Å². The summed E-state index contributed by atoms with van der Waals surface area (Å²) in [6, 6.07) is 2.19. The second-order valence-electron chi connectivity index (χ2n) is 2.80. The van der Waals surface area contributed by atoms with Crippen molar-refractivity contribution in [2.45, 2.75) is 13.0 Å². The summed E-state index contributed by atoms with van der Waals surface area (Å²) >= 11 is 5.28. The van der Waals surface area contributed by atoms with Crippen molar-refractivity contribution in [3.8, 4) is 0 Å². The molecule has 1 aromatic rings. The van der Waals surface area contributed by atoms with Crippen LogP contribution in [-0.2, 0) is 0 Å². The molecular formula is C9H14BrNOS. The van der Waals surface area contributed by atoms with E-state index in [1.54, 1.807) is 6.26 Å². The molecule has 0 radical (unpaired) electrons. The van der Waals surface area contributed by atoms with Crippen LogP contribution in [0.15, 0.2) is 21.2 Å². The summed E-state index contributed by atoms with van der Waals surface area (Å²) in [6.45, 7) is 3.11. The van der Waals surface area contributed by atoms with Gasteiger partial charge in [-0.1, -0.05) is 0 Å². The van der Waals surface area contributed by atoms with Crippen molar-refractivity contribution < 1.29 is 4.42 Å². The van der Waals surface area contributed by atoms with Gasteiger partial charge in [0.15, 0.2) is 0 Å². The minimum Gasteiger partial charge on any atom is -0.466 e. The van der Waals surface area contributed by atoms with Crippen molar-refractivity contribution in [2.24, 2.45) is 0 Å². The number of hydrogen-bond donors (Lipinski definition) is 1. The molecule has 0 amide bonds. The highest BCUT2D eigenvalue weighted by Gasteiger charge is 2.11. The van der Waals surface area contributed by atoms with Crippen molar-refractivity contribution >= 4 is 27.7 Å². The Morgan fingerprint density at radius 3 is 3.00 bits per heavy atom. The number of halogens is 1. The molecule has 0 spiro atoms. The highest BCUT2D eigenvalue weighted by molar-refractivity contribution is 9.10. The average molecular weight is 264 g/mol. The number of rotatable bonds is 5. The van der Waals surface area contributed by atoms with Crippen molar-refractivity contribution in [1.29, 1.82) is 0 Å². The first-order chi connectivity index (χ1) is 6.25. The van der Waals surface area contributed by atoms with Gasteiger partial charge in [-0.15, -0.1) is 0 Å². The van der Waals surface area contributed by atoms with Crippen molar-refractivity contribution in [3.63, 3.8) is 0 Å².